The van der Waals surface area contributed by atoms with E-state index in [9.17, 15) is 4.79 Å². The van der Waals surface area contributed by atoms with Crippen molar-refractivity contribution >= 4 is 50.0 Å². The van der Waals surface area contributed by atoms with E-state index in [-0.39, 0.29) is 18.0 Å². The van der Waals surface area contributed by atoms with Crippen molar-refractivity contribution in [3.8, 4) is 5.75 Å². The van der Waals surface area contributed by atoms with Gasteiger partial charge in [0.2, 0.25) is 5.95 Å². The van der Waals surface area contributed by atoms with E-state index in [4.69, 9.17) is 15.2 Å². The van der Waals surface area contributed by atoms with Crippen LogP contribution in [0.25, 0.3) is 21.1 Å². The second-order valence-electron chi connectivity index (χ2n) is 7.54. The average Bonchev–Trinajstić information content (AvgIpc) is 3.23. The quantitative estimate of drug-likeness (QED) is 0.424. The lowest BCUT2D eigenvalue weighted by Gasteiger charge is -2.29. The first kappa shape index (κ1) is 20.6. The molecule has 2 atom stereocenters. The number of nitrogens with zero attached hydrogens (tertiary/aromatic N) is 3. The fourth-order valence-electron chi connectivity index (χ4n) is 3.72. The summed E-state index contributed by atoms with van der Waals surface area (Å²) in [5.74, 6) is 0.710. The van der Waals surface area contributed by atoms with E-state index in [2.05, 4.69) is 25.6 Å². The number of anilines is 2. The Morgan fingerprint density at radius 3 is 3.09 bits per heavy atom. The third kappa shape index (κ3) is 3.95. The van der Waals surface area contributed by atoms with Gasteiger partial charge in [0.15, 0.2) is 0 Å². The van der Waals surface area contributed by atoms with Crippen molar-refractivity contribution in [3.05, 3.63) is 47.6 Å². The minimum atomic E-state index is -0.273. The van der Waals surface area contributed by atoms with Crippen LogP contribution in [0, 0.1) is 0 Å². The number of nitrogens with two attached hydrogens (primary N) is 1. The van der Waals surface area contributed by atoms with Crippen LogP contribution in [0.1, 0.15) is 16.8 Å². The molecule has 0 saturated carbocycles. The average molecular weight is 451 g/mol. The van der Waals surface area contributed by atoms with E-state index in [1.807, 2.05) is 18.2 Å². The third-order valence-electron chi connectivity index (χ3n) is 5.45. The van der Waals surface area contributed by atoms with Gasteiger partial charge in [-0.05, 0) is 18.6 Å². The maximum atomic E-state index is 13.2. The molecule has 9 nitrogen and oxygen atoms in total. The Morgan fingerprint density at radius 2 is 2.25 bits per heavy atom. The van der Waals surface area contributed by atoms with Gasteiger partial charge >= 0.3 is 0 Å². The predicted molar refractivity (Wildman–Crippen MR) is 124 cm³/mol. The largest absolute Gasteiger partial charge is 0.494 e. The van der Waals surface area contributed by atoms with Crippen molar-refractivity contribution in [1.29, 1.82) is 0 Å². The van der Waals surface area contributed by atoms with Gasteiger partial charge in [-0.25, -0.2) is 9.97 Å². The summed E-state index contributed by atoms with van der Waals surface area (Å²) in [6.45, 7) is 1.14. The normalized spacial score (nSPS) is 18.6. The van der Waals surface area contributed by atoms with Gasteiger partial charge in [0.05, 0.1) is 46.9 Å². The van der Waals surface area contributed by atoms with E-state index >= 15 is 0 Å². The lowest BCUT2D eigenvalue weighted by molar-refractivity contribution is 0.0751. The monoisotopic (exact) mass is 450 g/mol. The lowest BCUT2D eigenvalue weighted by atomic mass is 10.1. The van der Waals surface area contributed by atoms with Crippen LogP contribution in [0.5, 0.6) is 5.75 Å². The Hall–Kier alpha value is -3.34. The highest BCUT2D eigenvalue weighted by atomic mass is 32.1. The molecular formula is C22H22N6O3S. The molecule has 10 heteroatoms. The Morgan fingerprint density at radius 1 is 1.34 bits per heavy atom. The first-order valence-electron chi connectivity index (χ1n) is 10.2. The molecule has 4 heterocycles. The van der Waals surface area contributed by atoms with Crippen LogP contribution in [-0.4, -0.2) is 53.3 Å². The molecule has 1 aromatic carbocycles. The number of carbonyl (C=O) groups is 1. The van der Waals surface area contributed by atoms with E-state index in [0.29, 0.717) is 41.7 Å². The van der Waals surface area contributed by atoms with Crippen LogP contribution in [0.4, 0.5) is 11.6 Å². The molecule has 164 valence electrons. The molecule has 1 aliphatic rings. The van der Waals surface area contributed by atoms with Crippen LogP contribution in [-0.2, 0) is 4.74 Å². The van der Waals surface area contributed by atoms with Gasteiger partial charge < -0.3 is 25.8 Å². The first-order valence-corrected chi connectivity index (χ1v) is 11.1. The van der Waals surface area contributed by atoms with Crippen LogP contribution in [0.15, 0.2) is 42.0 Å². The highest BCUT2D eigenvalue weighted by Crippen LogP contribution is 2.31. The van der Waals surface area contributed by atoms with Gasteiger partial charge in [-0.1, -0.05) is 6.07 Å². The number of hydrogen-bond donors (Lipinski definition) is 3. The third-order valence-corrected chi connectivity index (χ3v) is 6.35. The number of pyridine rings is 1. The number of ether oxygens (including phenoxy) is 2. The second kappa shape index (κ2) is 8.65. The summed E-state index contributed by atoms with van der Waals surface area (Å²) in [6, 6.07) is 7.32. The van der Waals surface area contributed by atoms with Crippen LogP contribution in [0.3, 0.4) is 0 Å². The van der Waals surface area contributed by atoms with Gasteiger partial charge in [0, 0.05) is 41.7 Å². The number of nitrogens with one attached hydrogen (secondary N) is 2. The van der Waals surface area contributed by atoms with Gasteiger partial charge in [-0.2, -0.15) is 0 Å². The van der Waals surface area contributed by atoms with Gasteiger partial charge in [-0.15, -0.1) is 11.3 Å². The zero-order valence-corrected chi connectivity index (χ0v) is 18.2. The van der Waals surface area contributed by atoms with Crippen LogP contribution < -0.4 is 21.1 Å². The number of hydrogen-bond acceptors (Lipinski definition) is 9. The number of rotatable bonds is 5. The molecule has 1 saturated heterocycles. The fourth-order valence-corrected chi connectivity index (χ4v) is 4.57. The predicted octanol–water partition coefficient (Wildman–Crippen LogP) is 3.03. The SMILES string of the molecule is COc1cc2ncccc2cc1NC(=O)c1csc2cnc(N[C@@H]3CCOC[C@@H]3N)nc12. The smallest absolute Gasteiger partial charge is 0.258 e. The molecule has 0 radical (unpaired) electrons. The molecule has 32 heavy (non-hydrogen) atoms. The number of carbonyl (C=O) groups excluding carboxylic acids is 1. The highest BCUT2D eigenvalue weighted by molar-refractivity contribution is 7.17. The van der Waals surface area contributed by atoms with Crippen molar-refractivity contribution < 1.29 is 14.3 Å². The fraction of sp³-hybridized carbons (Fsp3) is 0.273. The minimum absolute atomic E-state index is 0.0209. The van der Waals surface area contributed by atoms with Crippen molar-refractivity contribution in [2.45, 2.75) is 18.5 Å². The standard InChI is InChI=1S/C22H22N6O3S/c1-30-18-8-16-12(3-2-5-24-16)7-17(18)26-21(29)13-11-32-19-9-25-22(28-20(13)19)27-15-4-6-31-10-14(15)23/h2-3,5,7-9,11,14-15H,4,6,10,23H2,1H3,(H,26,29)(H,25,27,28)/t14-,15+/m0/s1. The Kier molecular flexibility index (Phi) is 5.56. The molecular weight excluding hydrogens is 428 g/mol. The highest BCUT2D eigenvalue weighted by Gasteiger charge is 2.24. The van der Waals surface area contributed by atoms with E-state index in [1.54, 1.807) is 30.9 Å². The zero-order valence-electron chi connectivity index (χ0n) is 17.4. The maximum Gasteiger partial charge on any atom is 0.258 e. The van der Waals surface area contributed by atoms with E-state index in [0.717, 1.165) is 22.0 Å². The molecule has 3 aromatic heterocycles. The topological polar surface area (TPSA) is 124 Å². The molecule has 4 N–H and O–H groups in total. The van der Waals surface area contributed by atoms with Crippen LogP contribution in [0.2, 0.25) is 0 Å². The molecule has 0 bridgehead atoms. The molecule has 0 aliphatic carbocycles. The summed E-state index contributed by atoms with van der Waals surface area (Å²) in [5, 5.41) is 8.93. The lowest BCUT2D eigenvalue weighted by Crippen LogP contribution is -2.47. The van der Waals surface area contributed by atoms with E-state index < -0.39 is 0 Å². The first-order chi connectivity index (χ1) is 15.6. The molecule has 1 aliphatic heterocycles. The maximum absolute atomic E-state index is 13.2. The summed E-state index contributed by atoms with van der Waals surface area (Å²) in [6.07, 6.45) is 4.21. The zero-order chi connectivity index (χ0) is 22.1. The molecule has 0 spiro atoms. The van der Waals surface area contributed by atoms with Crippen molar-refractivity contribution in [3.63, 3.8) is 0 Å². The Balaban J connectivity index is 1.43. The number of amides is 1. The number of thiophene rings is 1. The molecule has 1 fully saturated rings. The van der Waals surface area contributed by atoms with E-state index in [1.165, 1.54) is 11.3 Å². The number of fused-ring (bicyclic) bond motifs is 2. The number of aromatic nitrogens is 3. The van der Waals surface area contributed by atoms with Gasteiger partial charge in [0.25, 0.3) is 5.91 Å². The second-order valence-corrected chi connectivity index (χ2v) is 8.45. The Bertz CT molecular complexity index is 1290. The van der Waals surface area contributed by atoms with Crippen molar-refractivity contribution in [1.82, 2.24) is 15.0 Å². The summed E-state index contributed by atoms with van der Waals surface area (Å²) in [4.78, 5) is 26.5. The van der Waals surface area contributed by atoms with Crippen molar-refractivity contribution in [2.75, 3.05) is 31.0 Å². The number of benzene rings is 1. The molecule has 1 amide bonds. The minimum Gasteiger partial charge on any atom is -0.494 e. The van der Waals surface area contributed by atoms with Crippen molar-refractivity contribution in [2.24, 2.45) is 5.73 Å². The summed E-state index contributed by atoms with van der Waals surface area (Å²) < 4.78 is 11.7. The van der Waals surface area contributed by atoms with Crippen LogP contribution >= 0.6 is 11.3 Å². The summed E-state index contributed by atoms with van der Waals surface area (Å²) >= 11 is 1.42. The number of methoxy groups -OCH3 is 1. The molecule has 0 unspecified atom stereocenters. The van der Waals surface area contributed by atoms with Gasteiger partial charge in [-0.3, -0.25) is 9.78 Å². The Labute approximate surface area is 188 Å². The molecule has 5 rings (SSSR count). The summed E-state index contributed by atoms with van der Waals surface area (Å²) in [5.41, 5.74) is 8.55. The van der Waals surface area contributed by atoms with Gasteiger partial charge in [0.1, 0.15) is 5.75 Å². The molecule has 4 aromatic rings. The summed E-state index contributed by atoms with van der Waals surface area (Å²) in [7, 11) is 1.56.